The normalized spacial score (nSPS) is 11.7. The number of sulfonamides is 1. The predicted octanol–water partition coefficient (Wildman–Crippen LogP) is 6.08. The van der Waals surface area contributed by atoms with Crippen molar-refractivity contribution in [2.45, 2.75) is 35.8 Å². The minimum Gasteiger partial charge on any atom is -0.465 e. The third-order valence-electron chi connectivity index (χ3n) is 5.03. The number of alkyl halides is 3. The lowest BCUT2D eigenvalue weighted by atomic mass is 10.0. The summed E-state index contributed by atoms with van der Waals surface area (Å²) in [5, 5.41) is 0. The molecule has 0 amide bonds. The number of thioether (sulfide) groups is 1. The maximum atomic E-state index is 12.9. The number of hydrogen-bond acceptors (Lipinski definition) is 6. The highest BCUT2D eigenvalue weighted by Gasteiger charge is 2.31. The van der Waals surface area contributed by atoms with Gasteiger partial charge in [0.25, 0.3) is 10.0 Å². The van der Waals surface area contributed by atoms with E-state index < -0.39 is 22.4 Å². The quantitative estimate of drug-likeness (QED) is 0.284. The van der Waals surface area contributed by atoms with Crippen LogP contribution in [0.5, 0.6) is 5.75 Å². The van der Waals surface area contributed by atoms with Crippen molar-refractivity contribution in [3.05, 3.63) is 82.9 Å². The number of carbonyl (C=O) groups is 1. The van der Waals surface area contributed by atoms with E-state index in [1.54, 1.807) is 50.2 Å². The van der Waals surface area contributed by atoms with Crippen LogP contribution < -0.4 is 9.46 Å². The predicted molar refractivity (Wildman–Crippen MR) is 127 cm³/mol. The maximum Gasteiger partial charge on any atom is 0.573 e. The van der Waals surface area contributed by atoms with E-state index in [1.807, 2.05) is 0 Å². The Morgan fingerprint density at radius 1 is 1.00 bits per heavy atom. The van der Waals surface area contributed by atoms with Gasteiger partial charge in [0.15, 0.2) is 0 Å². The first kappa shape index (κ1) is 26.4. The zero-order chi connectivity index (χ0) is 25.8. The fraction of sp³-hybridized carbons (Fsp3) is 0.208. The largest absolute Gasteiger partial charge is 0.573 e. The molecule has 0 saturated carbocycles. The highest BCUT2D eigenvalue weighted by molar-refractivity contribution is 7.98. The van der Waals surface area contributed by atoms with Crippen molar-refractivity contribution in [3.8, 4) is 5.75 Å². The summed E-state index contributed by atoms with van der Waals surface area (Å²) in [5.41, 5.74) is 2.58. The van der Waals surface area contributed by atoms with Crippen LogP contribution in [-0.4, -0.2) is 27.9 Å². The van der Waals surface area contributed by atoms with Gasteiger partial charge in [0.05, 0.1) is 17.6 Å². The van der Waals surface area contributed by atoms with Gasteiger partial charge in [-0.1, -0.05) is 12.1 Å². The molecule has 3 rings (SSSR count). The summed E-state index contributed by atoms with van der Waals surface area (Å²) >= 11 is 1.44. The number of halogens is 3. The number of carbonyl (C=O) groups excluding carboxylic acids is 1. The molecule has 1 N–H and O–H groups in total. The fourth-order valence-electron chi connectivity index (χ4n) is 3.09. The smallest absolute Gasteiger partial charge is 0.465 e. The lowest BCUT2D eigenvalue weighted by Crippen LogP contribution is -2.16. The fourth-order valence-corrected chi connectivity index (χ4v) is 5.11. The van der Waals surface area contributed by atoms with Crippen molar-refractivity contribution in [2.75, 3.05) is 11.8 Å². The Morgan fingerprint density at radius 2 is 1.63 bits per heavy atom. The second kappa shape index (κ2) is 10.6. The number of anilines is 1. The maximum absolute atomic E-state index is 12.9. The highest BCUT2D eigenvalue weighted by Crippen LogP contribution is 2.28. The van der Waals surface area contributed by atoms with Crippen molar-refractivity contribution in [1.29, 1.82) is 0 Å². The number of ether oxygens (including phenoxy) is 2. The van der Waals surface area contributed by atoms with Gasteiger partial charge in [-0.05, 0) is 79.1 Å². The average molecular weight is 526 g/mol. The molecule has 0 atom stereocenters. The molecule has 0 spiro atoms. The standard InChI is InChI=1S/C24H22F3NO5S2/c1-15-12-21(13-22(16(15)2)23(29)32-3)35(30,31)28-18-6-10-20(11-7-18)34-14-17-4-8-19(9-5-17)33-24(25,26)27/h4-13,28H,14H2,1-3H3. The highest BCUT2D eigenvalue weighted by atomic mass is 32.2. The van der Waals surface area contributed by atoms with E-state index in [-0.39, 0.29) is 16.2 Å². The lowest BCUT2D eigenvalue weighted by Gasteiger charge is -2.13. The number of aryl methyl sites for hydroxylation is 1. The second-order valence-electron chi connectivity index (χ2n) is 7.51. The minimum absolute atomic E-state index is 0.0580. The van der Waals surface area contributed by atoms with E-state index in [1.165, 1.54) is 43.1 Å². The second-order valence-corrected chi connectivity index (χ2v) is 10.2. The van der Waals surface area contributed by atoms with Gasteiger partial charge in [0.2, 0.25) is 0 Å². The Hall–Kier alpha value is -3.18. The molecule has 6 nitrogen and oxygen atoms in total. The zero-order valence-corrected chi connectivity index (χ0v) is 20.6. The number of esters is 1. The van der Waals surface area contributed by atoms with Crippen LogP contribution in [0.3, 0.4) is 0 Å². The van der Waals surface area contributed by atoms with Crippen molar-refractivity contribution < 1.29 is 35.9 Å². The molecule has 0 radical (unpaired) electrons. The minimum atomic E-state index is -4.73. The molecule has 0 aromatic heterocycles. The summed E-state index contributed by atoms with van der Waals surface area (Å²) in [5.74, 6) is -0.409. The average Bonchev–Trinajstić information content (AvgIpc) is 2.79. The van der Waals surface area contributed by atoms with Gasteiger partial charge in [-0.15, -0.1) is 24.9 Å². The Morgan fingerprint density at radius 3 is 2.20 bits per heavy atom. The van der Waals surface area contributed by atoms with Gasteiger partial charge < -0.3 is 9.47 Å². The first-order chi connectivity index (χ1) is 16.4. The van der Waals surface area contributed by atoms with Crippen LogP contribution in [0.25, 0.3) is 0 Å². The van der Waals surface area contributed by atoms with E-state index in [9.17, 15) is 26.4 Å². The molecular formula is C24H22F3NO5S2. The van der Waals surface area contributed by atoms with Crippen molar-refractivity contribution in [3.63, 3.8) is 0 Å². The lowest BCUT2D eigenvalue weighted by molar-refractivity contribution is -0.274. The summed E-state index contributed by atoms with van der Waals surface area (Å²) in [6.07, 6.45) is -4.73. The molecule has 0 unspecified atom stereocenters. The first-order valence-corrected chi connectivity index (χ1v) is 12.6. The van der Waals surface area contributed by atoms with Crippen molar-refractivity contribution >= 4 is 33.4 Å². The van der Waals surface area contributed by atoms with Crippen molar-refractivity contribution in [1.82, 2.24) is 0 Å². The van der Waals surface area contributed by atoms with Crippen LogP contribution in [0, 0.1) is 13.8 Å². The van der Waals surface area contributed by atoms with E-state index in [0.29, 0.717) is 22.6 Å². The number of rotatable bonds is 8. The van der Waals surface area contributed by atoms with E-state index in [4.69, 9.17) is 4.74 Å². The van der Waals surface area contributed by atoms with E-state index in [2.05, 4.69) is 9.46 Å². The SMILES string of the molecule is COC(=O)c1cc(S(=O)(=O)Nc2ccc(SCc3ccc(OC(F)(F)F)cc3)cc2)cc(C)c1C. The number of hydrogen-bond donors (Lipinski definition) is 1. The van der Waals surface area contributed by atoms with Gasteiger partial charge in [0, 0.05) is 16.3 Å². The number of benzene rings is 3. The molecular weight excluding hydrogens is 503 g/mol. The summed E-state index contributed by atoms with van der Waals surface area (Å²) in [7, 11) is -2.73. The molecule has 0 heterocycles. The Labute approximate surface area is 205 Å². The summed E-state index contributed by atoms with van der Waals surface area (Å²) in [4.78, 5) is 12.8. The Balaban J connectivity index is 1.66. The molecule has 0 aliphatic heterocycles. The molecule has 0 bridgehead atoms. The third-order valence-corrected chi connectivity index (χ3v) is 7.47. The monoisotopic (exact) mass is 525 g/mol. The van der Waals surface area contributed by atoms with Gasteiger partial charge in [-0.25, -0.2) is 13.2 Å². The Bertz CT molecular complexity index is 1310. The number of methoxy groups -OCH3 is 1. The summed E-state index contributed by atoms with van der Waals surface area (Å²) in [6, 6.07) is 15.0. The van der Waals surface area contributed by atoms with E-state index in [0.717, 1.165) is 10.5 Å². The van der Waals surface area contributed by atoms with Gasteiger partial charge in [0.1, 0.15) is 5.75 Å². The van der Waals surface area contributed by atoms with Crippen LogP contribution in [-0.2, 0) is 20.5 Å². The number of nitrogens with one attached hydrogen (secondary N) is 1. The van der Waals surface area contributed by atoms with Crippen LogP contribution in [0.4, 0.5) is 18.9 Å². The summed E-state index contributed by atoms with van der Waals surface area (Å²) in [6.45, 7) is 3.43. The van der Waals surface area contributed by atoms with Crippen LogP contribution in [0.1, 0.15) is 27.0 Å². The van der Waals surface area contributed by atoms with Gasteiger partial charge in [-0.3, -0.25) is 4.72 Å². The molecule has 0 aliphatic carbocycles. The summed E-state index contributed by atoms with van der Waals surface area (Å²) < 4.78 is 73.6. The molecule has 0 aliphatic rings. The molecule has 3 aromatic rings. The van der Waals surface area contributed by atoms with Crippen molar-refractivity contribution in [2.24, 2.45) is 0 Å². The van der Waals surface area contributed by atoms with Crippen LogP contribution in [0.2, 0.25) is 0 Å². The molecule has 0 saturated heterocycles. The van der Waals surface area contributed by atoms with E-state index >= 15 is 0 Å². The van der Waals surface area contributed by atoms with Crippen LogP contribution >= 0.6 is 11.8 Å². The molecule has 186 valence electrons. The zero-order valence-electron chi connectivity index (χ0n) is 19.0. The topological polar surface area (TPSA) is 81.7 Å². The molecule has 11 heteroatoms. The third kappa shape index (κ3) is 7.15. The van der Waals surface area contributed by atoms with Gasteiger partial charge >= 0.3 is 12.3 Å². The molecule has 0 fully saturated rings. The first-order valence-electron chi connectivity index (χ1n) is 10.2. The Kier molecular flexibility index (Phi) is 8.01. The molecule has 35 heavy (non-hydrogen) atoms. The molecule has 3 aromatic carbocycles. The van der Waals surface area contributed by atoms with Crippen LogP contribution in [0.15, 0.2) is 70.5 Å². The van der Waals surface area contributed by atoms with Gasteiger partial charge in [-0.2, -0.15) is 0 Å².